The van der Waals surface area contributed by atoms with E-state index in [1.54, 1.807) is 0 Å². The molecule has 36 heavy (non-hydrogen) atoms. The Bertz CT molecular complexity index is 998. The van der Waals surface area contributed by atoms with E-state index < -0.39 is 18.2 Å². The molecule has 0 saturated carbocycles. The fraction of sp³-hybridized carbons (Fsp3) is 0.533. The van der Waals surface area contributed by atoms with Crippen molar-refractivity contribution in [3.05, 3.63) is 35.9 Å². The summed E-state index contributed by atoms with van der Waals surface area (Å²) >= 11 is 0. The third kappa shape index (κ3) is 11.0. The van der Waals surface area contributed by atoms with E-state index in [1.165, 1.54) is 27.1 Å². The summed E-state index contributed by atoms with van der Waals surface area (Å²) in [5, 5.41) is 0. The molecular weight excluding hydrogens is 456 g/mol. The van der Waals surface area contributed by atoms with E-state index in [9.17, 15) is 9.59 Å². The summed E-state index contributed by atoms with van der Waals surface area (Å²) in [6.07, 6.45) is 4.73. The Kier molecular flexibility index (Phi) is 13.9. The first-order valence-corrected chi connectivity index (χ1v) is 12.5. The van der Waals surface area contributed by atoms with Crippen LogP contribution in [0.15, 0.2) is 30.3 Å². The van der Waals surface area contributed by atoms with Gasteiger partial charge in [0.2, 0.25) is 0 Å². The quantitative estimate of drug-likeness (QED) is 0.181. The van der Waals surface area contributed by atoms with Crippen molar-refractivity contribution in [1.82, 2.24) is 0 Å². The molecule has 1 aromatic carbocycles. The summed E-state index contributed by atoms with van der Waals surface area (Å²) in [5.41, 5.74) is 0.709. The fourth-order valence-corrected chi connectivity index (χ4v) is 3.44. The van der Waals surface area contributed by atoms with Crippen molar-refractivity contribution in [2.75, 3.05) is 14.2 Å². The maximum atomic E-state index is 12.9. The van der Waals surface area contributed by atoms with Crippen molar-refractivity contribution >= 4 is 11.9 Å². The molecule has 4 atom stereocenters. The number of unbranched alkanes of at least 4 members (excludes halogenated alkanes) is 4. The summed E-state index contributed by atoms with van der Waals surface area (Å²) in [6.45, 7) is 2.16. The minimum atomic E-state index is -0.847. The third-order valence-corrected chi connectivity index (χ3v) is 5.51. The van der Waals surface area contributed by atoms with Gasteiger partial charge in [0.25, 0.3) is 0 Å². The largest absolute Gasteiger partial charge is 0.469 e. The molecule has 1 aromatic rings. The second-order valence-electron chi connectivity index (χ2n) is 8.32. The zero-order valence-corrected chi connectivity index (χ0v) is 21.5. The highest BCUT2D eigenvalue weighted by atomic mass is 16.6. The van der Waals surface area contributed by atoms with Crippen LogP contribution in [0.25, 0.3) is 0 Å². The molecule has 2 rings (SSSR count). The van der Waals surface area contributed by atoms with Crippen LogP contribution in [0.3, 0.4) is 0 Å². The van der Waals surface area contributed by atoms with Gasteiger partial charge < -0.3 is 18.9 Å². The maximum absolute atomic E-state index is 12.9. The van der Waals surface area contributed by atoms with Crippen LogP contribution in [0.1, 0.15) is 76.4 Å². The van der Waals surface area contributed by atoms with Crippen LogP contribution in [0.5, 0.6) is 0 Å². The molecule has 0 N–H and O–H groups in total. The van der Waals surface area contributed by atoms with Crippen LogP contribution in [-0.4, -0.2) is 44.5 Å². The molecule has 0 unspecified atom stereocenters. The summed E-state index contributed by atoms with van der Waals surface area (Å²) in [7, 11) is 2.85. The van der Waals surface area contributed by atoms with E-state index in [1.807, 2.05) is 30.3 Å². The van der Waals surface area contributed by atoms with Gasteiger partial charge in [0.15, 0.2) is 12.2 Å². The predicted octanol–water partition coefficient (Wildman–Crippen LogP) is 4.77. The summed E-state index contributed by atoms with van der Waals surface area (Å²) in [4.78, 5) is 24.1. The Balaban J connectivity index is 1.95. The molecule has 0 bridgehead atoms. The number of carbonyl (C=O) groups is 2. The van der Waals surface area contributed by atoms with Gasteiger partial charge in [-0.2, -0.15) is 0 Å². The van der Waals surface area contributed by atoms with Crippen LogP contribution >= 0.6 is 0 Å². The lowest BCUT2D eigenvalue weighted by atomic mass is 10.1. The molecule has 0 amide bonds. The van der Waals surface area contributed by atoms with Gasteiger partial charge in [-0.1, -0.05) is 67.9 Å². The van der Waals surface area contributed by atoms with Gasteiger partial charge in [-0.05, 0) is 18.4 Å². The van der Waals surface area contributed by atoms with E-state index in [-0.39, 0.29) is 18.2 Å². The first-order valence-electron chi connectivity index (χ1n) is 12.5. The minimum absolute atomic E-state index is 0.164. The molecular formula is C30H36O6. The number of carbonyl (C=O) groups excluding carboxylic acids is 2. The van der Waals surface area contributed by atoms with Gasteiger partial charge in [0, 0.05) is 32.8 Å². The molecule has 1 saturated heterocycles. The average Bonchev–Trinajstić information content (AvgIpc) is 3.67. The Morgan fingerprint density at radius 1 is 0.972 bits per heavy atom. The van der Waals surface area contributed by atoms with E-state index in [2.05, 4.69) is 47.2 Å². The number of methoxy groups -OCH3 is 2. The van der Waals surface area contributed by atoms with E-state index in [0.717, 1.165) is 12.8 Å². The van der Waals surface area contributed by atoms with Crippen LogP contribution < -0.4 is 0 Å². The van der Waals surface area contributed by atoms with Crippen LogP contribution in [0.2, 0.25) is 0 Å². The molecule has 0 radical (unpaired) electrons. The SMILES string of the molecule is CCCCCC#CCC#C[C@@H](OC(=O)[C@H](OC)c1ccccc1)[C@@H]1O[C@@H]1CC#CCCCC(=O)OC. The zero-order chi connectivity index (χ0) is 26.0. The lowest BCUT2D eigenvalue weighted by Crippen LogP contribution is -2.28. The number of hydrogen-bond donors (Lipinski definition) is 0. The molecule has 6 heteroatoms. The first kappa shape index (κ1) is 29.0. The van der Waals surface area contributed by atoms with Crippen molar-refractivity contribution in [3.8, 4) is 35.5 Å². The van der Waals surface area contributed by atoms with Gasteiger partial charge in [-0.3, -0.25) is 4.79 Å². The molecule has 1 heterocycles. The second kappa shape index (κ2) is 17.2. The molecule has 0 aliphatic carbocycles. The summed E-state index contributed by atoms with van der Waals surface area (Å²) < 4.78 is 21.5. The highest BCUT2D eigenvalue weighted by Gasteiger charge is 2.46. The van der Waals surface area contributed by atoms with Crippen LogP contribution in [0, 0.1) is 35.5 Å². The Labute approximate surface area is 215 Å². The normalized spacial score (nSPS) is 17.1. The lowest BCUT2D eigenvalue weighted by molar-refractivity contribution is -0.159. The highest BCUT2D eigenvalue weighted by Crippen LogP contribution is 2.31. The molecule has 0 aromatic heterocycles. The molecule has 192 valence electrons. The minimum Gasteiger partial charge on any atom is -0.469 e. The number of esters is 2. The Hall–Kier alpha value is -3.24. The van der Waals surface area contributed by atoms with Gasteiger partial charge in [-0.15, -0.1) is 17.8 Å². The first-order chi connectivity index (χ1) is 17.6. The van der Waals surface area contributed by atoms with Crippen LogP contribution in [-0.2, 0) is 28.5 Å². The number of hydrogen-bond acceptors (Lipinski definition) is 6. The Morgan fingerprint density at radius 2 is 1.72 bits per heavy atom. The standard InChI is InChI=1S/C30H36O6/c1-4-5-6-7-8-9-10-16-22-26(36-30(32)28(34-3)24-19-14-13-15-20-24)29-25(35-29)21-17-11-12-18-23-27(31)33-2/h13-15,19-20,25-26,28-29H,4-7,10,12,18,21,23H2,1-3H3/t25-,26-,28-,29-/m1/s1. The smallest absolute Gasteiger partial charge is 0.341 e. The summed E-state index contributed by atoms with van der Waals surface area (Å²) in [6, 6.07) is 9.19. The lowest BCUT2D eigenvalue weighted by Gasteiger charge is -2.17. The fourth-order valence-electron chi connectivity index (χ4n) is 3.44. The third-order valence-electron chi connectivity index (χ3n) is 5.51. The molecule has 1 fully saturated rings. The van der Waals surface area contributed by atoms with Crippen LogP contribution in [0.4, 0.5) is 0 Å². The monoisotopic (exact) mass is 492 g/mol. The number of rotatable bonds is 12. The van der Waals surface area contributed by atoms with Crippen molar-refractivity contribution in [2.24, 2.45) is 0 Å². The van der Waals surface area contributed by atoms with Crippen molar-refractivity contribution in [1.29, 1.82) is 0 Å². The molecule has 6 nitrogen and oxygen atoms in total. The van der Waals surface area contributed by atoms with E-state index in [0.29, 0.717) is 37.7 Å². The number of benzene rings is 1. The van der Waals surface area contributed by atoms with Crippen molar-refractivity contribution in [3.63, 3.8) is 0 Å². The molecule has 1 aliphatic rings. The molecule has 0 spiro atoms. The zero-order valence-electron chi connectivity index (χ0n) is 21.5. The molecule has 1 aliphatic heterocycles. The van der Waals surface area contributed by atoms with Gasteiger partial charge in [0.05, 0.1) is 19.6 Å². The highest BCUT2D eigenvalue weighted by molar-refractivity contribution is 5.77. The van der Waals surface area contributed by atoms with Gasteiger partial charge in [-0.25, -0.2) is 4.79 Å². The second-order valence-corrected chi connectivity index (χ2v) is 8.32. The topological polar surface area (TPSA) is 74.4 Å². The maximum Gasteiger partial charge on any atom is 0.341 e. The van der Waals surface area contributed by atoms with Gasteiger partial charge in [0.1, 0.15) is 6.10 Å². The van der Waals surface area contributed by atoms with Crippen molar-refractivity contribution in [2.45, 2.75) is 89.1 Å². The van der Waals surface area contributed by atoms with E-state index >= 15 is 0 Å². The number of epoxide rings is 1. The summed E-state index contributed by atoms with van der Waals surface area (Å²) in [5.74, 6) is 17.6. The van der Waals surface area contributed by atoms with E-state index in [4.69, 9.17) is 14.2 Å². The average molecular weight is 493 g/mol. The Morgan fingerprint density at radius 3 is 2.44 bits per heavy atom. The number of ether oxygens (including phenoxy) is 4. The van der Waals surface area contributed by atoms with Gasteiger partial charge >= 0.3 is 11.9 Å². The van der Waals surface area contributed by atoms with Crippen molar-refractivity contribution < 1.29 is 28.5 Å². The predicted molar refractivity (Wildman–Crippen MR) is 137 cm³/mol.